The number of aromatic nitrogens is 3. The highest BCUT2D eigenvalue weighted by atomic mass is 15.1. The van der Waals surface area contributed by atoms with Crippen LogP contribution in [-0.4, -0.2) is 9.55 Å². The maximum atomic E-state index is 5.25. The van der Waals surface area contributed by atoms with Crippen molar-refractivity contribution in [1.29, 1.82) is 0 Å². The van der Waals surface area contributed by atoms with Gasteiger partial charge in [-0.05, 0) is 113 Å². The zero-order chi connectivity index (χ0) is 36.2. The summed E-state index contributed by atoms with van der Waals surface area (Å²) in [7, 11) is 0. The van der Waals surface area contributed by atoms with E-state index in [-0.39, 0.29) is 11.0 Å². The van der Waals surface area contributed by atoms with Gasteiger partial charge in [0.05, 0.1) is 22.0 Å². The van der Waals surface area contributed by atoms with E-state index in [4.69, 9.17) is 4.98 Å². The first kappa shape index (κ1) is 32.8. The summed E-state index contributed by atoms with van der Waals surface area (Å²) in [5.41, 5.74) is 15.4. The Morgan fingerprint density at radius 3 is 1.89 bits per heavy atom. The fourth-order valence-electron chi connectivity index (χ4n) is 8.85. The molecule has 1 aliphatic heterocycles. The molecule has 2 atom stereocenters. The van der Waals surface area contributed by atoms with Gasteiger partial charge in [0.15, 0.2) is 11.7 Å². The summed E-state index contributed by atoms with van der Waals surface area (Å²) in [5.74, 6) is 0.927. The second-order valence-electron chi connectivity index (χ2n) is 14.9. The van der Waals surface area contributed by atoms with E-state index in [1.807, 2.05) is 0 Å². The van der Waals surface area contributed by atoms with Crippen molar-refractivity contribution in [3.8, 4) is 61.7 Å². The van der Waals surface area contributed by atoms with Gasteiger partial charge in [-0.2, -0.15) is 4.57 Å². The van der Waals surface area contributed by atoms with Gasteiger partial charge >= 0.3 is 0 Å². The maximum Gasteiger partial charge on any atom is 0.213 e. The Morgan fingerprint density at radius 2 is 1.13 bits per heavy atom. The fraction of sp³-hybridized carbons (Fsp3) is 0.160. The molecule has 0 aliphatic carbocycles. The van der Waals surface area contributed by atoms with Gasteiger partial charge < -0.3 is 0 Å². The maximum absolute atomic E-state index is 5.25. The Bertz CT molecular complexity index is 2620. The normalized spacial score (nSPS) is 17.7. The first-order valence-corrected chi connectivity index (χ1v) is 18.9. The molecule has 0 spiro atoms. The van der Waals surface area contributed by atoms with E-state index < -0.39 is 0 Å². The van der Waals surface area contributed by atoms with E-state index in [0.717, 1.165) is 52.1 Å². The second-order valence-corrected chi connectivity index (χ2v) is 14.9. The zero-order valence-electron chi connectivity index (χ0n) is 30.9. The van der Waals surface area contributed by atoms with Crippen LogP contribution in [0.5, 0.6) is 0 Å². The van der Waals surface area contributed by atoms with Crippen LogP contribution in [0.15, 0.2) is 170 Å². The van der Waals surface area contributed by atoms with Gasteiger partial charge in [0.25, 0.3) is 0 Å². The molecule has 0 saturated heterocycles. The summed E-state index contributed by atoms with van der Waals surface area (Å²) in [6, 6.07) is 59.5. The molecule has 258 valence electrons. The monoisotopic (exact) mass is 686 g/mol. The number of pyridine rings is 1. The van der Waals surface area contributed by atoms with Crippen LogP contribution in [0, 0.1) is 0 Å². The number of hydrogen-bond acceptors (Lipinski definition) is 1. The Hall–Kier alpha value is -6.06. The van der Waals surface area contributed by atoms with Crippen LogP contribution in [-0.2, 0) is 11.0 Å². The zero-order valence-corrected chi connectivity index (χ0v) is 30.9. The minimum atomic E-state index is -0.0185. The van der Waals surface area contributed by atoms with Crippen molar-refractivity contribution in [2.45, 2.75) is 51.5 Å². The van der Waals surface area contributed by atoms with Gasteiger partial charge in [0.2, 0.25) is 5.69 Å². The summed E-state index contributed by atoms with van der Waals surface area (Å²) in [6.45, 7) is 9.57. The van der Waals surface area contributed by atoms with Gasteiger partial charge in [-0.15, -0.1) is 0 Å². The second kappa shape index (κ2) is 12.9. The van der Waals surface area contributed by atoms with E-state index >= 15 is 0 Å². The SMILES string of the molecule is CCC1(C)c2ccc(-c3cccc(-c4cc(-c5ccccc5)cc(-c5nc6ccccc6n5-c5ccccc5)c4)c3)cc2-c2cccc[n+]2C1(C)CC. The van der Waals surface area contributed by atoms with Crippen LogP contribution >= 0.6 is 0 Å². The Morgan fingerprint density at radius 1 is 0.528 bits per heavy atom. The number of rotatable bonds is 7. The topological polar surface area (TPSA) is 21.7 Å². The minimum absolute atomic E-state index is 0.00100. The number of imidazole rings is 1. The van der Waals surface area contributed by atoms with E-state index in [0.29, 0.717) is 0 Å². The molecule has 0 N–H and O–H groups in total. The van der Waals surface area contributed by atoms with E-state index in [1.54, 1.807) is 0 Å². The van der Waals surface area contributed by atoms with Crippen molar-refractivity contribution in [2.75, 3.05) is 0 Å². The summed E-state index contributed by atoms with van der Waals surface area (Å²) >= 11 is 0. The van der Waals surface area contributed by atoms with E-state index in [1.165, 1.54) is 39.1 Å². The van der Waals surface area contributed by atoms with Crippen molar-refractivity contribution < 1.29 is 4.57 Å². The Labute approximate surface area is 312 Å². The molecule has 3 heterocycles. The molecule has 0 saturated carbocycles. The highest BCUT2D eigenvalue weighted by molar-refractivity contribution is 5.87. The fourth-order valence-corrected chi connectivity index (χ4v) is 8.85. The standard InChI is InChI=1S/C50H44N3/c1-5-49(3)44-28-27-38(34-43(44)46-25-15-16-29-52(46)50(49,4)6-2)36-20-17-21-37(30-36)40-31-39(35-18-9-7-10-19-35)32-41(33-40)48-51-45-24-13-14-26-47(45)53(48)42-22-11-8-12-23-42/h7-34H,5-6H2,1-4H3/q+1. The van der Waals surface area contributed by atoms with Crippen molar-refractivity contribution >= 4 is 11.0 Å². The minimum Gasteiger partial charge on any atom is -0.292 e. The number of para-hydroxylation sites is 3. The number of benzene rings is 6. The van der Waals surface area contributed by atoms with Crippen molar-refractivity contribution in [3.05, 3.63) is 176 Å². The summed E-state index contributed by atoms with van der Waals surface area (Å²) < 4.78 is 4.83. The third kappa shape index (κ3) is 5.25. The van der Waals surface area contributed by atoms with Crippen LogP contribution < -0.4 is 4.57 Å². The molecule has 0 fully saturated rings. The number of fused-ring (bicyclic) bond motifs is 4. The molecule has 3 heteroatoms. The predicted octanol–water partition coefficient (Wildman–Crippen LogP) is 12.5. The third-order valence-electron chi connectivity index (χ3n) is 12.3. The average molecular weight is 687 g/mol. The molecule has 2 aromatic heterocycles. The molecular formula is C50H44N3+. The lowest BCUT2D eigenvalue weighted by atomic mass is 9.60. The molecule has 0 amide bonds. The average Bonchev–Trinajstić information content (AvgIpc) is 3.63. The van der Waals surface area contributed by atoms with Crippen molar-refractivity contribution in [1.82, 2.24) is 9.55 Å². The van der Waals surface area contributed by atoms with Crippen LogP contribution in [0.2, 0.25) is 0 Å². The van der Waals surface area contributed by atoms with Crippen LogP contribution in [0.1, 0.15) is 46.1 Å². The number of hydrogen-bond donors (Lipinski definition) is 0. The van der Waals surface area contributed by atoms with Crippen LogP contribution in [0.4, 0.5) is 0 Å². The molecule has 8 aromatic rings. The van der Waals surface area contributed by atoms with Gasteiger partial charge in [-0.3, -0.25) is 4.57 Å². The van der Waals surface area contributed by atoms with E-state index in [9.17, 15) is 0 Å². The lowest BCUT2D eigenvalue weighted by Gasteiger charge is -2.46. The summed E-state index contributed by atoms with van der Waals surface area (Å²) in [4.78, 5) is 5.25. The summed E-state index contributed by atoms with van der Waals surface area (Å²) in [6.07, 6.45) is 4.42. The summed E-state index contributed by atoms with van der Waals surface area (Å²) in [5, 5.41) is 0. The molecular weight excluding hydrogens is 643 g/mol. The first-order valence-electron chi connectivity index (χ1n) is 18.9. The molecule has 0 bridgehead atoms. The molecule has 1 aliphatic rings. The Kier molecular flexibility index (Phi) is 7.96. The third-order valence-corrected chi connectivity index (χ3v) is 12.3. The van der Waals surface area contributed by atoms with E-state index in [2.05, 4.69) is 207 Å². The van der Waals surface area contributed by atoms with Crippen molar-refractivity contribution in [2.24, 2.45) is 0 Å². The Balaban J connectivity index is 1.21. The van der Waals surface area contributed by atoms with Crippen molar-refractivity contribution in [3.63, 3.8) is 0 Å². The predicted molar refractivity (Wildman–Crippen MR) is 220 cm³/mol. The van der Waals surface area contributed by atoms with Gasteiger partial charge in [-0.1, -0.05) is 105 Å². The van der Waals surface area contributed by atoms with Gasteiger partial charge in [-0.25, -0.2) is 4.98 Å². The lowest BCUT2D eigenvalue weighted by Crippen LogP contribution is -2.67. The molecule has 0 radical (unpaired) electrons. The molecule has 53 heavy (non-hydrogen) atoms. The first-order chi connectivity index (χ1) is 25.9. The molecule has 2 unspecified atom stereocenters. The highest BCUT2D eigenvalue weighted by Gasteiger charge is 2.56. The van der Waals surface area contributed by atoms with Gasteiger partial charge in [0.1, 0.15) is 5.82 Å². The van der Waals surface area contributed by atoms with Crippen LogP contribution in [0.25, 0.3) is 72.7 Å². The highest BCUT2D eigenvalue weighted by Crippen LogP contribution is 2.50. The lowest BCUT2D eigenvalue weighted by molar-refractivity contribution is -0.765. The van der Waals surface area contributed by atoms with Crippen LogP contribution in [0.3, 0.4) is 0 Å². The molecule has 9 rings (SSSR count). The van der Waals surface area contributed by atoms with Gasteiger partial charge in [0, 0.05) is 36.7 Å². The smallest absolute Gasteiger partial charge is 0.213 e. The quantitative estimate of drug-likeness (QED) is 0.153. The molecule has 6 aromatic carbocycles. The number of nitrogens with zero attached hydrogens (tertiary/aromatic N) is 3. The largest absolute Gasteiger partial charge is 0.292 e. The molecule has 3 nitrogen and oxygen atoms in total.